The predicted molar refractivity (Wildman–Crippen MR) is 90.0 cm³/mol. The molecule has 0 heterocycles. The molecule has 0 saturated carbocycles. The highest BCUT2D eigenvalue weighted by atomic mass is 127. The molecular weight excluding hydrogens is 513 g/mol. The van der Waals surface area contributed by atoms with Gasteiger partial charge in [0.2, 0.25) is 0 Å². The molecule has 2 rings (SSSR count). The first kappa shape index (κ1) is 15.7. The minimum absolute atomic E-state index is 0.149. The fraction of sp³-hybridized carbons (Fsp3) is 0.0769. The molecule has 2 aromatic carbocycles. The Morgan fingerprint density at radius 1 is 1.11 bits per heavy atom. The van der Waals surface area contributed by atoms with Crippen molar-refractivity contribution in [1.82, 2.24) is 0 Å². The molecule has 100 valence electrons. The molecule has 1 unspecified atom stereocenters. The normalized spacial score (nSPS) is 12.5. The van der Waals surface area contributed by atoms with Gasteiger partial charge in [-0.2, -0.15) is 0 Å². The SMILES string of the molecule is OC(c1cc(Cl)c(Br)cc1F)c1cc(I)ccc1Br. The van der Waals surface area contributed by atoms with Crippen molar-refractivity contribution in [3.8, 4) is 0 Å². The van der Waals surface area contributed by atoms with Crippen LogP contribution in [-0.2, 0) is 0 Å². The summed E-state index contributed by atoms with van der Waals surface area (Å²) in [7, 11) is 0. The maximum Gasteiger partial charge on any atom is 0.130 e. The van der Waals surface area contributed by atoms with E-state index in [1.807, 2.05) is 12.1 Å². The molecule has 6 heteroatoms. The van der Waals surface area contributed by atoms with Gasteiger partial charge < -0.3 is 5.11 Å². The lowest BCUT2D eigenvalue weighted by molar-refractivity contribution is 0.214. The zero-order chi connectivity index (χ0) is 14.2. The Balaban J connectivity index is 2.52. The zero-order valence-electron chi connectivity index (χ0n) is 9.30. The molecule has 0 radical (unpaired) electrons. The second-order valence-electron chi connectivity index (χ2n) is 3.86. The number of benzene rings is 2. The third-order valence-corrected chi connectivity index (χ3v) is 5.18. The van der Waals surface area contributed by atoms with Gasteiger partial charge in [0.15, 0.2) is 0 Å². The van der Waals surface area contributed by atoms with Gasteiger partial charge in [-0.25, -0.2) is 4.39 Å². The summed E-state index contributed by atoms with van der Waals surface area (Å²) in [5, 5.41) is 10.7. The zero-order valence-corrected chi connectivity index (χ0v) is 15.4. The van der Waals surface area contributed by atoms with Gasteiger partial charge in [-0.1, -0.05) is 27.5 Å². The maximum absolute atomic E-state index is 13.9. The Kier molecular flexibility index (Phi) is 5.28. The van der Waals surface area contributed by atoms with E-state index in [0.717, 1.165) is 8.04 Å². The van der Waals surface area contributed by atoms with Gasteiger partial charge in [0.05, 0.1) is 5.02 Å². The van der Waals surface area contributed by atoms with Crippen molar-refractivity contribution in [2.24, 2.45) is 0 Å². The van der Waals surface area contributed by atoms with Crippen molar-refractivity contribution < 1.29 is 9.50 Å². The molecule has 2 aromatic rings. The van der Waals surface area contributed by atoms with Gasteiger partial charge in [-0.3, -0.25) is 0 Å². The van der Waals surface area contributed by atoms with Gasteiger partial charge in [-0.05, 0) is 68.9 Å². The Labute approximate surface area is 145 Å². The molecular formula is C13H7Br2ClFIO. The van der Waals surface area contributed by atoms with Crippen molar-refractivity contribution in [3.63, 3.8) is 0 Å². The molecule has 0 fully saturated rings. The average Bonchev–Trinajstić information content (AvgIpc) is 2.36. The number of rotatable bonds is 2. The van der Waals surface area contributed by atoms with Crippen LogP contribution in [0.2, 0.25) is 5.02 Å². The largest absolute Gasteiger partial charge is 0.384 e. The van der Waals surface area contributed by atoms with Gasteiger partial charge in [-0.15, -0.1) is 0 Å². The smallest absolute Gasteiger partial charge is 0.130 e. The molecule has 0 saturated heterocycles. The van der Waals surface area contributed by atoms with E-state index in [9.17, 15) is 9.50 Å². The topological polar surface area (TPSA) is 20.2 Å². The number of halogens is 5. The molecule has 0 spiro atoms. The monoisotopic (exact) mass is 518 g/mol. The van der Waals surface area contributed by atoms with Gasteiger partial charge in [0.1, 0.15) is 11.9 Å². The van der Waals surface area contributed by atoms with E-state index < -0.39 is 11.9 Å². The van der Waals surface area contributed by atoms with Crippen molar-refractivity contribution in [2.45, 2.75) is 6.10 Å². The minimum atomic E-state index is -1.07. The van der Waals surface area contributed by atoms with Crippen LogP contribution in [0.3, 0.4) is 0 Å². The van der Waals surface area contributed by atoms with Crippen LogP contribution in [0.15, 0.2) is 39.3 Å². The number of aliphatic hydroxyl groups is 1. The summed E-state index contributed by atoms with van der Waals surface area (Å²) in [6.45, 7) is 0. The lowest BCUT2D eigenvalue weighted by atomic mass is 10.0. The van der Waals surface area contributed by atoms with Crippen molar-refractivity contribution in [2.75, 3.05) is 0 Å². The van der Waals surface area contributed by atoms with E-state index in [2.05, 4.69) is 54.5 Å². The third-order valence-electron chi connectivity index (χ3n) is 2.59. The third kappa shape index (κ3) is 3.50. The molecule has 0 aromatic heterocycles. The average molecular weight is 520 g/mol. The Bertz CT molecular complexity index is 636. The Morgan fingerprint density at radius 3 is 2.47 bits per heavy atom. The first-order chi connectivity index (χ1) is 8.90. The summed E-state index contributed by atoms with van der Waals surface area (Å²) in [6.07, 6.45) is -1.07. The highest BCUT2D eigenvalue weighted by Crippen LogP contribution is 2.34. The summed E-state index contributed by atoms with van der Waals surface area (Å²) >= 11 is 14.6. The quantitative estimate of drug-likeness (QED) is 0.399. The second kappa shape index (κ2) is 6.39. The van der Waals surface area contributed by atoms with Crippen molar-refractivity contribution in [3.05, 3.63) is 64.8 Å². The van der Waals surface area contributed by atoms with Crippen LogP contribution in [0.5, 0.6) is 0 Å². The predicted octanol–water partition coefficient (Wildman–Crippen LogP) is 5.69. The highest BCUT2D eigenvalue weighted by molar-refractivity contribution is 14.1. The standard InChI is InChI=1S/C13H7Br2ClFIO/c14-9-2-1-6(18)3-7(9)13(19)8-4-11(16)10(15)5-12(8)17/h1-5,13,19H. The summed E-state index contributed by atoms with van der Waals surface area (Å²) in [4.78, 5) is 0. The van der Waals surface area contributed by atoms with Crippen LogP contribution < -0.4 is 0 Å². The number of hydrogen-bond acceptors (Lipinski definition) is 1. The number of aliphatic hydroxyl groups excluding tert-OH is 1. The fourth-order valence-electron chi connectivity index (χ4n) is 1.64. The van der Waals surface area contributed by atoms with E-state index in [-0.39, 0.29) is 5.56 Å². The summed E-state index contributed by atoms with van der Waals surface area (Å²) in [5.41, 5.74) is 0.750. The second-order valence-corrected chi connectivity index (χ2v) is 7.22. The minimum Gasteiger partial charge on any atom is -0.384 e. The maximum atomic E-state index is 13.9. The molecule has 0 aliphatic heterocycles. The van der Waals surface area contributed by atoms with Crippen LogP contribution >= 0.6 is 66.1 Å². The first-order valence-corrected chi connectivity index (χ1v) is 8.22. The molecule has 0 aliphatic carbocycles. The van der Waals surface area contributed by atoms with Crippen LogP contribution in [-0.4, -0.2) is 5.11 Å². The van der Waals surface area contributed by atoms with Gasteiger partial charge in [0.25, 0.3) is 0 Å². The molecule has 1 nitrogen and oxygen atoms in total. The van der Waals surface area contributed by atoms with Crippen LogP contribution in [0.4, 0.5) is 4.39 Å². The first-order valence-electron chi connectivity index (χ1n) is 5.17. The van der Waals surface area contributed by atoms with Gasteiger partial charge in [0, 0.05) is 23.6 Å². The van der Waals surface area contributed by atoms with E-state index in [4.69, 9.17) is 11.6 Å². The summed E-state index contributed by atoms with van der Waals surface area (Å²) < 4.78 is 16.1. The molecule has 1 atom stereocenters. The highest BCUT2D eigenvalue weighted by Gasteiger charge is 2.19. The van der Waals surface area contributed by atoms with Crippen molar-refractivity contribution >= 4 is 66.1 Å². The molecule has 19 heavy (non-hydrogen) atoms. The summed E-state index contributed by atoms with van der Waals surface area (Å²) in [6, 6.07) is 8.19. The van der Waals surface area contributed by atoms with Gasteiger partial charge >= 0.3 is 0 Å². The number of hydrogen-bond donors (Lipinski definition) is 1. The molecule has 0 aliphatic rings. The molecule has 1 N–H and O–H groups in total. The van der Waals surface area contributed by atoms with Crippen LogP contribution in [0.1, 0.15) is 17.2 Å². The van der Waals surface area contributed by atoms with E-state index in [0.29, 0.717) is 15.1 Å². The molecule has 0 bridgehead atoms. The van der Waals surface area contributed by atoms with Crippen LogP contribution in [0, 0.1) is 9.39 Å². The van der Waals surface area contributed by atoms with Crippen LogP contribution in [0.25, 0.3) is 0 Å². The Hall–Kier alpha value is 0.310. The van der Waals surface area contributed by atoms with E-state index in [1.165, 1.54) is 12.1 Å². The lowest BCUT2D eigenvalue weighted by Gasteiger charge is -2.15. The van der Waals surface area contributed by atoms with E-state index >= 15 is 0 Å². The van der Waals surface area contributed by atoms with E-state index in [1.54, 1.807) is 6.07 Å². The Morgan fingerprint density at radius 2 is 1.79 bits per heavy atom. The van der Waals surface area contributed by atoms with Crippen molar-refractivity contribution in [1.29, 1.82) is 0 Å². The lowest BCUT2D eigenvalue weighted by Crippen LogP contribution is -2.04. The molecule has 0 amide bonds. The summed E-state index contributed by atoms with van der Waals surface area (Å²) in [5.74, 6) is -0.505. The fourth-order valence-corrected chi connectivity index (χ4v) is 3.11.